The zero-order chi connectivity index (χ0) is 14.0. The summed E-state index contributed by atoms with van der Waals surface area (Å²) >= 11 is 0. The van der Waals surface area contributed by atoms with Crippen molar-refractivity contribution in [2.45, 2.75) is 59.8 Å². The summed E-state index contributed by atoms with van der Waals surface area (Å²) in [7, 11) is 2.27. The summed E-state index contributed by atoms with van der Waals surface area (Å²) in [5.74, 6) is 0.787. The molecule has 1 fully saturated rings. The topological polar surface area (TPSA) is 3.24 Å². The fourth-order valence-corrected chi connectivity index (χ4v) is 3.91. The average Bonchev–Trinajstić information content (AvgIpc) is 2.74. The van der Waals surface area contributed by atoms with Gasteiger partial charge in [-0.15, -0.1) is 0 Å². The molecule has 0 bridgehead atoms. The number of hydrogen-bond acceptors (Lipinski definition) is 1. The number of hydrogen-bond donors (Lipinski definition) is 0. The van der Waals surface area contributed by atoms with E-state index in [2.05, 4.69) is 31.9 Å². The minimum Gasteiger partial charge on any atom is -0.306 e. The predicted molar refractivity (Wildman–Crippen MR) is 84.3 cm³/mol. The van der Waals surface area contributed by atoms with Crippen molar-refractivity contribution in [2.75, 3.05) is 20.1 Å². The highest BCUT2D eigenvalue weighted by molar-refractivity contribution is 5.39. The van der Waals surface area contributed by atoms with Crippen molar-refractivity contribution in [3.8, 4) is 0 Å². The first-order chi connectivity index (χ1) is 9.08. The molecule has 1 saturated heterocycles. The van der Waals surface area contributed by atoms with Crippen LogP contribution in [0.2, 0.25) is 0 Å². The summed E-state index contributed by atoms with van der Waals surface area (Å²) in [6.45, 7) is 11.3. The van der Waals surface area contributed by atoms with E-state index in [4.69, 9.17) is 0 Å². The van der Waals surface area contributed by atoms with Gasteiger partial charge < -0.3 is 4.90 Å². The fourth-order valence-electron chi connectivity index (χ4n) is 3.91. The Labute approximate surface area is 119 Å². The summed E-state index contributed by atoms with van der Waals surface area (Å²) in [5.41, 5.74) is 5.77. The third-order valence-corrected chi connectivity index (χ3v) is 5.39. The minimum atomic E-state index is 0.651. The van der Waals surface area contributed by atoms with Gasteiger partial charge in [-0.3, -0.25) is 0 Å². The maximum atomic E-state index is 2.51. The van der Waals surface area contributed by atoms with Gasteiger partial charge in [0.15, 0.2) is 0 Å². The second-order valence-electron chi connectivity index (χ2n) is 6.78. The van der Waals surface area contributed by atoms with Gasteiger partial charge in [-0.05, 0) is 76.1 Å². The lowest BCUT2D eigenvalue weighted by Gasteiger charge is -2.38. The van der Waals surface area contributed by atoms with Crippen molar-refractivity contribution in [1.29, 1.82) is 0 Å². The zero-order valence-corrected chi connectivity index (χ0v) is 13.6. The molecule has 1 atom stereocenters. The molecule has 0 aromatic heterocycles. The van der Waals surface area contributed by atoms with Crippen molar-refractivity contribution in [3.05, 3.63) is 22.8 Å². The standard InChI is InChI=1S/C16H25N.C2H6/c1-12-8-14-10-16(4-6-17(3)7-5-16)11-15(14)9-13(12)2;1-2/h8,13H,4-7,9-11H2,1-3H3;1-2H3. The number of piperidine rings is 1. The Kier molecular flexibility index (Phi) is 4.55. The summed E-state index contributed by atoms with van der Waals surface area (Å²) in [6.07, 6.45) is 9.46. The van der Waals surface area contributed by atoms with Crippen LogP contribution in [0.4, 0.5) is 0 Å². The molecule has 1 unspecified atom stereocenters. The molecule has 19 heavy (non-hydrogen) atoms. The summed E-state index contributed by atoms with van der Waals surface area (Å²) in [4.78, 5) is 2.49. The first-order valence-electron chi connectivity index (χ1n) is 8.16. The van der Waals surface area contributed by atoms with Crippen molar-refractivity contribution in [3.63, 3.8) is 0 Å². The lowest BCUT2D eigenvalue weighted by Crippen LogP contribution is -2.36. The van der Waals surface area contributed by atoms with Crippen LogP contribution < -0.4 is 0 Å². The third kappa shape index (κ3) is 2.97. The number of nitrogens with zero attached hydrogens (tertiary/aromatic N) is 1. The molecule has 0 saturated carbocycles. The molecular weight excluding hydrogens is 230 g/mol. The van der Waals surface area contributed by atoms with Crippen LogP contribution in [0.25, 0.3) is 0 Å². The fraction of sp³-hybridized carbons (Fsp3) is 0.778. The van der Waals surface area contributed by atoms with Crippen molar-refractivity contribution >= 4 is 0 Å². The molecule has 0 aromatic rings. The predicted octanol–water partition coefficient (Wildman–Crippen LogP) is 4.80. The van der Waals surface area contributed by atoms with Gasteiger partial charge in [-0.2, -0.15) is 0 Å². The van der Waals surface area contributed by atoms with Crippen molar-refractivity contribution < 1.29 is 0 Å². The third-order valence-electron chi connectivity index (χ3n) is 5.39. The molecule has 0 aromatic carbocycles. The Balaban J connectivity index is 0.000000637. The molecule has 0 N–H and O–H groups in total. The molecule has 108 valence electrons. The van der Waals surface area contributed by atoms with Crippen LogP contribution in [0.3, 0.4) is 0 Å². The van der Waals surface area contributed by atoms with E-state index in [9.17, 15) is 0 Å². The lowest BCUT2D eigenvalue weighted by atomic mass is 9.75. The second kappa shape index (κ2) is 5.83. The highest BCUT2D eigenvalue weighted by Gasteiger charge is 2.40. The van der Waals surface area contributed by atoms with E-state index >= 15 is 0 Å². The summed E-state index contributed by atoms with van der Waals surface area (Å²) in [6, 6.07) is 0. The second-order valence-corrected chi connectivity index (χ2v) is 6.78. The Morgan fingerprint density at radius 1 is 1.16 bits per heavy atom. The van der Waals surface area contributed by atoms with Crippen LogP contribution in [-0.4, -0.2) is 25.0 Å². The first kappa shape index (κ1) is 14.8. The number of rotatable bonds is 0. The van der Waals surface area contributed by atoms with Gasteiger partial charge in [-0.1, -0.05) is 38.0 Å². The van der Waals surface area contributed by atoms with Crippen LogP contribution in [0.1, 0.15) is 59.8 Å². The van der Waals surface area contributed by atoms with Gasteiger partial charge in [0.05, 0.1) is 0 Å². The average molecular weight is 261 g/mol. The van der Waals surface area contributed by atoms with E-state index in [1.54, 1.807) is 16.7 Å². The Bertz CT molecular complexity index is 380. The van der Waals surface area contributed by atoms with E-state index in [0.29, 0.717) is 5.41 Å². The van der Waals surface area contributed by atoms with Crippen LogP contribution >= 0.6 is 0 Å². The van der Waals surface area contributed by atoms with Crippen molar-refractivity contribution in [2.24, 2.45) is 11.3 Å². The molecule has 0 amide bonds. The molecule has 1 aliphatic heterocycles. The molecule has 1 heteroatoms. The van der Waals surface area contributed by atoms with Crippen LogP contribution in [-0.2, 0) is 0 Å². The maximum Gasteiger partial charge on any atom is -0.00163 e. The van der Waals surface area contributed by atoms with Crippen molar-refractivity contribution in [1.82, 2.24) is 4.90 Å². The van der Waals surface area contributed by atoms with E-state index < -0.39 is 0 Å². The van der Waals surface area contributed by atoms with E-state index in [1.807, 2.05) is 13.8 Å². The quantitative estimate of drug-likeness (QED) is 0.605. The van der Waals surface area contributed by atoms with Gasteiger partial charge in [0, 0.05) is 0 Å². The molecule has 3 rings (SSSR count). The maximum absolute atomic E-state index is 2.51. The van der Waals surface area contributed by atoms with E-state index in [-0.39, 0.29) is 0 Å². The Morgan fingerprint density at radius 2 is 1.79 bits per heavy atom. The van der Waals surface area contributed by atoms with E-state index in [0.717, 1.165) is 5.92 Å². The summed E-state index contributed by atoms with van der Waals surface area (Å²) < 4.78 is 0. The molecular formula is C18H31N. The Morgan fingerprint density at radius 3 is 2.42 bits per heavy atom. The van der Waals surface area contributed by atoms with Gasteiger partial charge >= 0.3 is 0 Å². The molecule has 0 radical (unpaired) electrons. The minimum absolute atomic E-state index is 0.651. The monoisotopic (exact) mass is 261 g/mol. The smallest absolute Gasteiger partial charge is 0.00163 e. The largest absolute Gasteiger partial charge is 0.306 e. The zero-order valence-electron chi connectivity index (χ0n) is 13.6. The highest BCUT2D eigenvalue weighted by atomic mass is 15.1. The summed E-state index contributed by atoms with van der Waals surface area (Å²) in [5, 5.41) is 0. The van der Waals surface area contributed by atoms with Gasteiger partial charge in [0.2, 0.25) is 0 Å². The SMILES string of the molecule is CC.CC1=CC2=C(CC1C)CC1(CCN(C)CC1)C2. The number of likely N-dealkylation sites (tertiary alicyclic amines) is 1. The molecule has 1 nitrogen and oxygen atoms in total. The molecule has 1 spiro atoms. The van der Waals surface area contributed by atoms with Crippen LogP contribution in [0, 0.1) is 11.3 Å². The highest BCUT2D eigenvalue weighted by Crippen LogP contribution is 2.52. The first-order valence-corrected chi connectivity index (χ1v) is 8.16. The number of allylic oxidation sites excluding steroid dienone is 4. The molecule has 2 aliphatic carbocycles. The van der Waals surface area contributed by atoms with Crippen LogP contribution in [0.5, 0.6) is 0 Å². The van der Waals surface area contributed by atoms with Gasteiger partial charge in [0.25, 0.3) is 0 Å². The van der Waals surface area contributed by atoms with E-state index in [1.165, 1.54) is 45.2 Å². The molecule has 3 aliphatic rings. The van der Waals surface area contributed by atoms with Crippen LogP contribution in [0.15, 0.2) is 22.8 Å². The lowest BCUT2D eigenvalue weighted by molar-refractivity contribution is 0.131. The normalized spacial score (nSPS) is 29.7. The van der Waals surface area contributed by atoms with Gasteiger partial charge in [-0.25, -0.2) is 0 Å². The van der Waals surface area contributed by atoms with Gasteiger partial charge in [0.1, 0.15) is 0 Å². The molecule has 1 heterocycles. The Hall–Kier alpha value is -0.560.